The van der Waals surface area contributed by atoms with Gasteiger partial charge in [0, 0.05) is 24.5 Å². The van der Waals surface area contributed by atoms with E-state index in [0.717, 1.165) is 35.1 Å². The molecule has 3 rings (SSSR count). The number of carbonyl (C=O) groups is 2. The number of ether oxygens (including phenoxy) is 1. The summed E-state index contributed by atoms with van der Waals surface area (Å²) in [6, 6.07) is 22.3. The number of hydrogen-bond acceptors (Lipinski definition) is 3. The van der Waals surface area contributed by atoms with E-state index in [9.17, 15) is 9.59 Å². The van der Waals surface area contributed by atoms with Crippen LogP contribution in [0.3, 0.4) is 0 Å². The Kier molecular flexibility index (Phi) is 10.4. The summed E-state index contributed by atoms with van der Waals surface area (Å²) in [6.45, 7) is 6.73. The number of aryl methyl sites for hydroxylation is 2. The zero-order valence-corrected chi connectivity index (χ0v) is 22.1. The van der Waals surface area contributed by atoms with Crippen LogP contribution in [0.5, 0.6) is 5.75 Å². The Morgan fingerprint density at radius 2 is 1.69 bits per heavy atom. The molecule has 6 heteroatoms. The summed E-state index contributed by atoms with van der Waals surface area (Å²) in [7, 11) is 0. The third-order valence-electron chi connectivity index (χ3n) is 6.05. The first kappa shape index (κ1) is 27.3. The molecule has 1 N–H and O–H groups in total. The number of unbranched alkanes of at least 4 members (excludes halogenated alkanes) is 1. The van der Waals surface area contributed by atoms with Crippen molar-refractivity contribution < 1.29 is 14.3 Å². The maximum atomic E-state index is 13.6. The first-order valence-corrected chi connectivity index (χ1v) is 12.8. The summed E-state index contributed by atoms with van der Waals surface area (Å²) >= 11 is 6.08. The molecule has 2 amide bonds. The number of nitrogens with zero attached hydrogens (tertiary/aromatic N) is 1. The van der Waals surface area contributed by atoms with Gasteiger partial charge in [-0.2, -0.15) is 0 Å². The number of halogens is 1. The van der Waals surface area contributed by atoms with E-state index in [1.165, 1.54) is 0 Å². The number of amides is 2. The van der Waals surface area contributed by atoms with Crippen LogP contribution < -0.4 is 10.1 Å². The van der Waals surface area contributed by atoms with Gasteiger partial charge >= 0.3 is 0 Å². The van der Waals surface area contributed by atoms with E-state index in [4.69, 9.17) is 16.3 Å². The topological polar surface area (TPSA) is 58.6 Å². The first-order chi connectivity index (χ1) is 17.4. The Morgan fingerprint density at radius 1 is 0.972 bits per heavy atom. The van der Waals surface area contributed by atoms with Gasteiger partial charge in [-0.15, -0.1) is 0 Å². The molecule has 0 aliphatic heterocycles. The van der Waals surface area contributed by atoms with E-state index in [1.54, 1.807) is 17.0 Å². The maximum Gasteiger partial charge on any atom is 0.261 e. The van der Waals surface area contributed by atoms with Gasteiger partial charge in [-0.05, 0) is 55.2 Å². The van der Waals surface area contributed by atoms with E-state index >= 15 is 0 Å². The third kappa shape index (κ3) is 8.13. The van der Waals surface area contributed by atoms with Gasteiger partial charge in [-0.3, -0.25) is 9.59 Å². The molecule has 0 aromatic heterocycles. The summed E-state index contributed by atoms with van der Waals surface area (Å²) in [6.07, 6.45) is 2.26. The highest BCUT2D eigenvalue weighted by atomic mass is 35.5. The van der Waals surface area contributed by atoms with Crippen LogP contribution in [0.1, 0.15) is 42.0 Å². The van der Waals surface area contributed by atoms with Crippen molar-refractivity contribution in [3.8, 4) is 5.75 Å². The van der Waals surface area contributed by atoms with Gasteiger partial charge in [-0.1, -0.05) is 85.1 Å². The van der Waals surface area contributed by atoms with Crippen molar-refractivity contribution in [3.05, 3.63) is 100 Å². The predicted molar refractivity (Wildman–Crippen MR) is 145 cm³/mol. The minimum absolute atomic E-state index is 0.162. The standard InChI is InChI=1S/C30H35ClN2O3/c1-4-5-17-32-30(35)27(19-24-9-7-6-8-10-24)33(20-25-12-14-26(31)15-13-25)29(34)21-36-28-16-11-22(2)18-23(28)3/h6-16,18,27H,4-5,17,19-21H2,1-3H3,(H,32,35). The van der Waals surface area contributed by atoms with Crippen LogP contribution in [0, 0.1) is 13.8 Å². The molecule has 190 valence electrons. The van der Waals surface area contributed by atoms with E-state index in [-0.39, 0.29) is 25.0 Å². The Morgan fingerprint density at radius 3 is 2.36 bits per heavy atom. The fourth-order valence-electron chi connectivity index (χ4n) is 4.03. The van der Waals surface area contributed by atoms with Gasteiger partial charge in [0.1, 0.15) is 11.8 Å². The number of benzene rings is 3. The van der Waals surface area contributed by atoms with E-state index in [1.807, 2.05) is 74.5 Å². The largest absolute Gasteiger partial charge is 0.483 e. The van der Waals surface area contributed by atoms with Crippen molar-refractivity contribution in [1.29, 1.82) is 0 Å². The average molecular weight is 507 g/mol. The minimum atomic E-state index is -0.685. The molecule has 3 aromatic carbocycles. The fraction of sp³-hybridized carbons (Fsp3) is 0.333. The van der Waals surface area contributed by atoms with Gasteiger partial charge in [-0.25, -0.2) is 0 Å². The second-order valence-corrected chi connectivity index (χ2v) is 9.49. The average Bonchev–Trinajstić information content (AvgIpc) is 2.87. The molecule has 0 fully saturated rings. The molecule has 5 nitrogen and oxygen atoms in total. The number of carbonyl (C=O) groups excluding carboxylic acids is 2. The fourth-order valence-corrected chi connectivity index (χ4v) is 4.16. The Labute approximate surface area is 219 Å². The van der Waals surface area contributed by atoms with Gasteiger partial charge in [0.25, 0.3) is 5.91 Å². The van der Waals surface area contributed by atoms with Crippen LogP contribution in [-0.4, -0.2) is 35.9 Å². The second kappa shape index (κ2) is 13.7. The Bertz CT molecular complexity index is 1130. The van der Waals surface area contributed by atoms with Crippen LogP contribution in [-0.2, 0) is 22.6 Å². The van der Waals surface area contributed by atoms with Crippen molar-refractivity contribution in [2.75, 3.05) is 13.2 Å². The van der Waals surface area contributed by atoms with Gasteiger partial charge < -0.3 is 15.0 Å². The molecule has 36 heavy (non-hydrogen) atoms. The van der Waals surface area contributed by atoms with Gasteiger partial charge in [0.2, 0.25) is 5.91 Å². The van der Waals surface area contributed by atoms with E-state index in [2.05, 4.69) is 12.2 Å². The molecular formula is C30H35ClN2O3. The summed E-state index contributed by atoms with van der Waals surface area (Å²) in [5.74, 6) is 0.241. The molecular weight excluding hydrogens is 472 g/mol. The summed E-state index contributed by atoms with van der Waals surface area (Å²) < 4.78 is 5.93. The van der Waals surface area contributed by atoms with Crippen molar-refractivity contribution in [3.63, 3.8) is 0 Å². The van der Waals surface area contributed by atoms with Crippen molar-refractivity contribution >= 4 is 23.4 Å². The van der Waals surface area contributed by atoms with Crippen LogP contribution in [0.25, 0.3) is 0 Å². The lowest BCUT2D eigenvalue weighted by atomic mass is 10.0. The summed E-state index contributed by atoms with van der Waals surface area (Å²) in [5.41, 5.74) is 3.96. The van der Waals surface area contributed by atoms with Crippen molar-refractivity contribution in [2.45, 2.75) is 52.6 Å². The first-order valence-electron chi connectivity index (χ1n) is 12.4. The lowest BCUT2D eigenvalue weighted by Crippen LogP contribution is -2.51. The monoisotopic (exact) mass is 506 g/mol. The minimum Gasteiger partial charge on any atom is -0.483 e. The zero-order chi connectivity index (χ0) is 25.9. The molecule has 0 saturated heterocycles. The quantitative estimate of drug-likeness (QED) is 0.311. The third-order valence-corrected chi connectivity index (χ3v) is 6.30. The molecule has 0 spiro atoms. The molecule has 0 bridgehead atoms. The van der Waals surface area contributed by atoms with E-state index in [0.29, 0.717) is 23.7 Å². The SMILES string of the molecule is CCCCNC(=O)C(Cc1ccccc1)N(Cc1ccc(Cl)cc1)C(=O)COc1ccc(C)cc1C. The van der Waals surface area contributed by atoms with Gasteiger partial charge in [0.15, 0.2) is 6.61 Å². The smallest absolute Gasteiger partial charge is 0.261 e. The highest BCUT2D eigenvalue weighted by Crippen LogP contribution is 2.20. The lowest BCUT2D eigenvalue weighted by molar-refractivity contribution is -0.142. The van der Waals surface area contributed by atoms with Crippen LogP contribution in [0.15, 0.2) is 72.8 Å². The zero-order valence-electron chi connectivity index (χ0n) is 21.3. The van der Waals surface area contributed by atoms with Gasteiger partial charge in [0.05, 0.1) is 0 Å². The maximum absolute atomic E-state index is 13.6. The molecule has 0 saturated carbocycles. The van der Waals surface area contributed by atoms with E-state index < -0.39 is 6.04 Å². The molecule has 1 atom stereocenters. The van der Waals surface area contributed by atoms with Crippen LogP contribution >= 0.6 is 11.6 Å². The normalized spacial score (nSPS) is 11.6. The summed E-state index contributed by atoms with van der Waals surface area (Å²) in [4.78, 5) is 28.7. The highest BCUT2D eigenvalue weighted by molar-refractivity contribution is 6.30. The molecule has 0 heterocycles. The molecule has 1 unspecified atom stereocenters. The number of rotatable bonds is 12. The second-order valence-electron chi connectivity index (χ2n) is 9.06. The van der Waals surface area contributed by atoms with Crippen LogP contribution in [0.2, 0.25) is 5.02 Å². The molecule has 0 aliphatic carbocycles. The lowest BCUT2D eigenvalue weighted by Gasteiger charge is -2.31. The van der Waals surface area contributed by atoms with Crippen molar-refractivity contribution in [2.24, 2.45) is 0 Å². The van der Waals surface area contributed by atoms with Crippen molar-refractivity contribution in [1.82, 2.24) is 10.2 Å². The molecule has 0 aliphatic rings. The number of nitrogens with one attached hydrogen (secondary N) is 1. The van der Waals surface area contributed by atoms with Crippen LogP contribution in [0.4, 0.5) is 0 Å². The Hall–Kier alpha value is -3.31. The number of hydrogen-bond donors (Lipinski definition) is 1. The highest BCUT2D eigenvalue weighted by Gasteiger charge is 2.30. The molecule has 0 radical (unpaired) electrons. The predicted octanol–water partition coefficient (Wildman–Crippen LogP) is 5.89. The Balaban J connectivity index is 1.88. The molecule has 3 aromatic rings. The summed E-state index contributed by atoms with van der Waals surface area (Å²) in [5, 5.41) is 3.65.